The SMILES string of the molecule is CN[C@@H](C)C(=O)N[C@H](C(=O)NCC(=O)N1C=CN(Cc2cccc3ccccc23)C(=O)[C@@H]1Cc1ccccc1)C1CCCCC1. The van der Waals surface area contributed by atoms with Crippen LogP contribution in [0.4, 0.5) is 0 Å². The van der Waals surface area contributed by atoms with Gasteiger partial charge in [-0.25, -0.2) is 0 Å². The molecule has 3 aromatic rings. The Hall–Kier alpha value is -4.50. The van der Waals surface area contributed by atoms with E-state index in [1.165, 1.54) is 4.90 Å². The van der Waals surface area contributed by atoms with Crippen LogP contribution in [0.3, 0.4) is 0 Å². The quantitative estimate of drug-likeness (QED) is 0.306. The second-order valence-electron chi connectivity index (χ2n) is 12.0. The van der Waals surface area contributed by atoms with Crippen molar-refractivity contribution in [2.24, 2.45) is 5.92 Å². The Labute approximate surface area is 265 Å². The molecule has 1 aliphatic carbocycles. The van der Waals surface area contributed by atoms with E-state index in [2.05, 4.69) is 16.0 Å². The van der Waals surface area contributed by atoms with E-state index in [0.29, 0.717) is 13.0 Å². The van der Waals surface area contributed by atoms with Crippen LogP contribution in [0.2, 0.25) is 0 Å². The maximum atomic E-state index is 14.0. The summed E-state index contributed by atoms with van der Waals surface area (Å²) in [6, 6.07) is 21.8. The number of nitrogens with zero attached hydrogens (tertiary/aromatic N) is 2. The lowest BCUT2D eigenvalue weighted by atomic mass is 9.83. The van der Waals surface area contributed by atoms with E-state index in [4.69, 9.17) is 0 Å². The van der Waals surface area contributed by atoms with Crippen LogP contribution >= 0.6 is 0 Å². The first kappa shape index (κ1) is 31.9. The molecule has 5 rings (SSSR count). The van der Waals surface area contributed by atoms with Gasteiger partial charge in [0.2, 0.25) is 23.6 Å². The van der Waals surface area contributed by atoms with Crippen LogP contribution in [-0.2, 0) is 32.1 Å². The zero-order valence-corrected chi connectivity index (χ0v) is 26.1. The largest absolute Gasteiger partial charge is 0.345 e. The number of rotatable bonds is 11. The summed E-state index contributed by atoms with van der Waals surface area (Å²) in [7, 11) is 1.70. The molecule has 0 radical (unpaired) electrons. The second-order valence-corrected chi connectivity index (χ2v) is 12.0. The average molecular weight is 610 g/mol. The summed E-state index contributed by atoms with van der Waals surface area (Å²) in [4.78, 5) is 56.9. The topological polar surface area (TPSA) is 111 Å². The maximum absolute atomic E-state index is 14.0. The lowest BCUT2D eigenvalue weighted by molar-refractivity contribution is -0.144. The molecule has 0 spiro atoms. The monoisotopic (exact) mass is 609 g/mol. The summed E-state index contributed by atoms with van der Waals surface area (Å²) in [6.45, 7) is 1.82. The van der Waals surface area contributed by atoms with Crippen molar-refractivity contribution < 1.29 is 19.2 Å². The molecular formula is C36H43N5O4. The summed E-state index contributed by atoms with van der Waals surface area (Å²) < 4.78 is 0. The number of likely N-dealkylation sites (N-methyl/N-ethyl adjacent to an activating group) is 1. The number of benzene rings is 3. The van der Waals surface area contributed by atoms with Crippen molar-refractivity contribution in [3.8, 4) is 0 Å². The normalized spacial score (nSPS) is 18.4. The predicted octanol–water partition coefficient (Wildman–Crippen LogP) is 3.88. The van der Waals surface area contributed by atoms with Gasteiger partial charge in [-0.2, -0.15) is 0 Å². The number of hydrogen-bond donors (Lipinski definition) is 3. The lowest BCUT2D eigenvalue weighted by Gasteiger charge is -2.36. The Kier molecular flexibility index (Phi) is 10.6. The molecule has 3 N–H and O–H groups in total. The van der Waals surface area contributed by atoms with Gasteiger partial charge in [0.15, 0.2) is 0 Å². The fraction of sp³-hybridized carbons (Fsp3) is 0.389. The van der Waals surface area contributed by atoms with Gasteiger partial charge in [0.25, 0.3) is 0 Å². The minimum Gasteiger partial charge on any atom is -0.345 e. The van der Waals surface area contributed by atoms with Crippen molar-refractivity contribution >= 4 is 34.4 Å². The van der Waals surface area contributed by atoms with Crippen LogP contribution in [0, 0.1) is 5.92 Å². The average Bonchev–Trinajstić information content (AvgIpc) is 3.08. The Balaban J connectivity index is 1.33. The molecule has 0 saturated heterocycles. The molecule has 45 heavy (non-hydrogen) atoms. The van der Waals surface area contributed by atoms with E-state index in [9.17, 15) is 19.2 Å². The zero-order chi connectivity index (χ0) is 31.8. The molecule has 1 aliphatic heterocycles. The second kappa shape index (κ2) is 15.0. The standard InChI is InChI=1S/C36H43N5O4/c1-25(37-2)34(43)39-33(28-15-7-4-8-16-28)35(44)38-23-32(42)41-21-20-40(36(45)31(41)22-26-12-5-3-6-13-26)24-29-18-11-17-27-14-9-10-19-30(27)29/h3,5-6,9-14,17-21,25,28,31,33,37H,4,7-8,15-16,22-24H2,1-2H3,(H,38,44)(H,39,43)/t25-,31-,33-/m0/s1. The lowest BCUT2D eigenvalue weighted by Crippen LogP contribution is -2.57. The summed E-state index contributed by atoms with van der Waals surface area (Å²) in [5.74, 6) is -1.21. The highest BCUT2D eigenvalue weighted by Gasteiger charge is 2.36. The predicted molar refractivity (Wildman–Crippen MR) is 174 cm³/mol. The molecule has 9 nitrogen and oxygen atoms in total. The van der Waals surface area contributed by atoms with Gasteiger partial charge in [-0.1, -0.05) is 92.1 Å². The highest BCUT2D eigenvalue weighted by Crippen LogP contribution is 2.27. The van der Waals surface area contributed by atoms with E-state index in [1.807, 2.05) is 72.8 Å². The molecule has 0 unspecified atom stereocenters. The first-order valence-electron chi connectivity index (χ1n) is 15.9. The highest BCUT2D eigenvalue weighted by atomic mass is 16.2. The third-order valence-electron chi connectivity index (χ3n) is 9.03. The Morgan fingerprint density at radius 1 is 0.867 bits per heavy atom. The van der Waals surface area contributed by atoms with Crippen molar-refractivity contribution in [3.05, 3.63) is 96.3 Å². The van der Waals surface area contributed by atoms with Crippen molar-refractivity contribution in [1.29, 1.82) is 0 Å². The molecule has 0 bridgehead atoms. The van der Waals surface area contributed by atoms with Crippen LogP contribution in [-0.4, -0.2) is 65.1 Å². The fourth-order valence-corrected chi connectivity index (χ4v) is 6.30. The zero-order valence-electron chi connectivity index (χ0n) is 26.1. The molecule has 3 atom stereocenters. The number of carbonyl (C=O) groups excluding carboxylic acids is 4. The Bertz CT molecular complexity index is 1530. The van der Waals surface area contributed by atoms with Crippen molar-refractivity contribution in [1.82, 2.24) is 25.8 Å². The number of amides is 4. The first-order chi connectivity index (χ1) is 21.9. The van der Waals surface area contributed by atoms with Gasteiger partial charge in [-0.3, -0.25) is 19.2 Å². The molecule has 1 heterocycles. The number of hydrogen-bond acceptors (Lipinski definition) is 5. The smallest absolute Gasteiger partial charge is 0.250 e. The van der Waals surface area contributed by atoms with Gasteiger partial charge in [0, 0.05) is 18.8 Å². The molecule has 1 saturated carbocycles. The molecule has 3 aromatic carbocycles. The van der Waals surface area contributed by atoms with Gasteiger partial charge < -0.3 is 25.8 Å². The van der Waals surface area contributed by atoms with Crippen LogP contribution < -0.4 is 16.0 Å². The van der Waals surface area contributed by atoms with Crippen molar-refractivity contribution in [3.63, 3.8) is 0 Å². The van der Waals surface area contributed by atoms with Crippen molar-refractivity contribution in [2.45, 2.75) is 70.1 Å². The third-order valence-corrected chi connectivity index (χ3v) is 9.03. The molecule has 2 aliphatic rings. The highest BCUT2D eigenvalue weighted by molar-refractivity contribution is 5.95. The van der Waals surface area contributed by atoms with Crippen LogP contribution in [0.1, 0.15) is 50.2 Å². The molecule has 236 valence electrons. The van der Waals surface area contributed by atoms with Crippen molar-refractivity contribution in [2.75, 3.05) is 13.6 Å². The minimum absolute atomic E-state index is 0.00627. The Morgan fingerprint density at radius 3 is 2.33 bits per heavy atom. The number of fused-ring (bicyclic) bond motifs is 1. The molecular weight excluding hydrogens is 566 g/mol. The number of carbonyl (C=O) groups is 4. The van der Waals surface area contributed by atoms with Gasteiger partial charge in [-0.05, 0) is 54.6 Å². The van der Waals surface area contributed by atoms with E-state index in [1.54, 1.807) is 31.3 Å². The summed E-state index contributed by atoms with van der Waals surface area (Å²) in [6.07, 6.45) is 8.42. The van der Waals surface area contributed by atoms with Gasteiger partial charge >= 0.3 is 0 Å². The van der Waals surface area contributed by atoms with E-state index >= 15 is 0 Å². The third kappa shape index (κ3) is 7.78. The van der Waals surface area contributed by atoms with E-state index in [-0.39, 0.29) is 30.2 Å². The van der Waals surface area contributed by atoms with Crippen LogP contribution in [0.15, 0.2) is 85.2 Å². The molecule has 1 fully saturated rings. The number of nitrogens with one attached hydrogen (secondary N) is 3. The summed E-state index contributed by atoms with van der Waals surface area (Å²) in [5, 5.41) is 10.8. The first-order valence-corrected chi connectivity index (χ1v) is 15.9. The Morgan fingerprint density at radius 2 is 1.58 bits per heavy atom. The summed E-state index contributed by atoms with van der Waals surface area (Å²) in [5.41, 5.74) is 1.94. The van der Waals surface area contributed by atoms with E-state index < -0.39 is 24.0 Å². The fourth-order valence-electron chi connectivity index (χ4n) is 6.30. The van der Waals surface area contributed by atoms with Gasteiger partial charge in [-0.15, -0.1) is 0 Å². The van der Waals surface area contributed by atoms with Crippen LogP contribution in [0.5, 0.6) is 0 Å². The molecule has 4 amide bonds. The van der Waals surface area contributed by atoms with Gasteiger partial charge in [0.1, 0.15) is 12.1 Å². The minimum atomic E-state index is -0.776. The summed E-state index contributed by atoms with van der Waals surface area (Å²) >= 11 is 0. The maximum Gasteiger partial charge on any atom is 0.250 e. The molecule has 9 heteroatoms. The molecule has 0 aromatic heterocycles. The van der Waals surface area contributed by atoms with E-state index in [0.717, 1.165) is 54.0 Å². The van der Waals surface area contributed by atoms with Crippen LogP contribution in [0.25, 0.3) is 10.8 Å². The van der Waals surface area contributed by atoms with Gasteiger partial charge in [0.05, 0.1) is 19.1 Å².